The second-order valence-electron chi connectivity index (χ2n) is 8.21. The fourth-order valence-corrected chi connectivity index (χ4v) is 3.03. The van der Waals surface area contributed by atoms with Gasteiger partial charge in [-0.1, -0.05) is 33.8 Å². The van der Waals surface area contributed by atoms with Crippen LogP contribution in [0.3, 0.4) is 0 Å². The highest BCUT2D eigenvalue weighted by atomic mass is 16.5. The fraction of sp³-hybridized carbons (Fsp3) is 0.682. The summed E-state index contributed by atoms with van der Waals surface area (Å²) in [5, 5.41) is 8.74. The zero-order valence-corrected chi connectivity index (χ0v) is 17.4. The zero-order valence-electron chi connectivity index (χ0n) is 17.4. The molecule has 0 atom stereocenters. The number of piperazine rings is 1. The number of ether oxygens (including phenoxy) is 2. The summed E-state index contributed by atoms with van der Waals surface area (Å²) in [7, 11) is 0. The van der Waals surface area contributed by atoms with E-state index in [4.69, 9.17) is 14.7 Å². The Labute approximate surface area is 164 Å². The first-order valence-electron chi connectivity index (χ1n) is 10.2. The molecule has 0 N–H and O–H groups in total. The molecule has 1 fully saturated rings. The van der Waals surface area contributed by atoms with Gasteiger partial charge in [0.25, 0.3) is 0 Å². The van der Waals surface area contributed by atoms with Gasteiger partial charge >= 0.3 is 0 Å². The summed E-state index contributed by atoms with van der Waals surface area (Å²) in [4.78, 5) is 4.84. The first kappa shape index (κ1) is 21.5. The Hall–Kier alpha value is -1.77. The standard InChI is InChI=1S/C22H35N3O2/c1-18(2)16-26-21-7-6-20(22(14-21)27-17-19(3)4)15-25-12-10-24(11-13-25)9-5-8-23/h6-7,14,18-19H,5,9-13,15-17H2,1-4H3. The van der Waals surface area contributed by atoms with Crippen LogP contribution >= 0.6 is 0 Å². The second-order valence-corrected chi connectivity index (χ2v) is 8.21. The highest BCUT2D eigenvalue weighted by Gasteiger charge is 2.18. The van der Waals surface area contributed by atoms with Crippen molar-refractivity contribution in [1.29, 1.82) is 5.26 Å². The molecular weight excluding hydrogens is 338 g/mol. The molecule has 27 heavy (non-hydrogen) atoms. The largest absolute Gasteiger partial charge is 0.493 e. The van der Waals surface area contributed by atoms with Crippen molar-refractivity contribution in [3.63, 3.8) is 0 Å². The molecule has 5 nitrogen and oxygen atoms in total. The van der Waals surface area contributed by atoms with Crippen LogP contribution in [0, 0.1) is 23.2 Å². The molecule has 0 amide bonds. The minimum Gasteiger partial charge on any atom is -0.493 e. The van der Waals surface area contributed by atoms with Gasteiger partial charge in [-0.15, -0.1) is 0 Å². The van der Waals surface area contributed by atoms with E-state index < -0.39 is 0 Å². The SMILES string of the molecule is CC(C)COc1ccc(CN2CCN(CCC#N)CC2)c(OCC(C)C)c1. The minimum atomic E-state index is 0.488. The normalized spacial score (nSPS) is 15.9. The molecule has 5 heteroatoms. The summed E-state index contributed by atoms with van der Waals surface area (Å²) < 4.78 is 12.0. The number of hydrogen-bond donors (Lipinski definition) is 0. The molecule has 1 aliphatic heterocycles. The summed E-state index contributed by atoms with van der Waals surface area (Å²) in [6.07, 6.45) is 0.616. The van der Waals surface area contributed by atoms with Crippen LogP contribution in [-0.2, 0) is 6.54 Å². The molecule has 1 heterocycles. The molecule has 2 rings (SSSR count). The Bertz CT molecular complexity index is 602. The van der Waals surface area contributed by atoms with E-state index in [0.717, 1.165) is 50.8 Å². The van der Waals surface area contributed by atoms with Crippen molar-refractivity contribution in [2.24, 2.45) is 11.8 Å². The topological polar surface area (TPSA) is 48.7 Å². The van der Waals surface area contributed by atoms with Crippen molar-refractivity contribution in [1.82, 2.24) is 9.80 Å². The fourth-order valence-electron chi connectivity index (χ4n) is 3.03. The number of nitrogens with zero attached hydrogens (tertiary/aromatic N) is 3. The molecule has 1 saturated heterocycles. The minimum absolute atomic E-state index is 0.488. The molecule has 0 aromatic heterocycles. The molecule has 0 saturated carbocycles. The van der Waals surface area contributed by atoms with Gasteiger partial charge in [0.2, 0.25) is 0 Å². The second kappa shape index (κ2) is 11.2. The predicted octanol–water partition coefficient (Wildman–Crippen LogP) is 3.79. The van der Waals surface area contributed by atoms with Crippen molar-refractivity contribution in [2.45, 2.75) is 40.7 Å². The summed E-state index contributed by atoms with van der Waals surface area (Å²) in [5.41, 5.74) is 1.22. The van der Waals surface area contributed by atoms with Crippen LogP contribution in [0.25, 0.3) is 0 Å². The molecule has 0 spiro atoms. The Kier molecular flexibility index (Phi) is 8.90. The first-order chi connectivity index (χ1) is 13.0. The Morgan fingerprint density at radius 1 is 0.963 bits per heavy atom. The average Bonchev–Trinajstić information content (AvgIpc) is 2.65. The third-order valence-electron chi connectivity index (χ3n) is 4.59. The lowest BCUT2D eigenvalue weighted by Gasteiger charge is -2.34. The van der Waals surface area contributed by atoms with Gasteiger partial charge in [0.1, 0.15) is 11.5 Å². The van der Waals surface area contributed by atoms with Crippen LogP contribution in [0.4, 0.5) is 0 Å². The van der Waals surface area contributed by atoms with Gasteiger partial charge in [-0.25, -0.2) is 0 Å². The molecule has 0 unspecified atom stereocenters. The first-order valence-corrected chi connectivity index (χ1v) is 10.2. The van der Waals surface area contributed by atoms with E-state index in [1.54, 1.807) is 0 Å². The highest BCUT2D eigenvalue weighted by Crippen LogP contribution is 2.27. The summed E-state index contributed by atoms with van der Waals surface area (Å²) in [6, 6.07) is 8.49. The van der Waals surface area contributed by atoms with E-state index >= 15 is 0 Å². The van der Waals surface area contributed by atoms with Crippen molar-refractivity contribution in [2.75, 3.05) is 45.9 Å². The van der Waals surface area contributed by atoms with Gasteiger partial charge in [0.05, 0.1) is 19.3 Å². The van der Waals surface area contributed by atoms with Gasteiger partial charge in [-0.3, -0.25) is 9.80 Å². The van der Waals surface area contributed by atoms with Gasteiger partial charge in [-0.05, 0) is 17.9 Å². The molecule has 0 bridgehead atoms. The van der Waals surface area contributed by atoms with E-state index in [9.17, 15) is 0 Å². The molecule has 150 valence electrons. The monoisotopic (exact) mass is 373 g/mol. The Balaban J connectivity index is 1.98. The van der Waals surface area contributed by atoms with Crippen LogP contribution in [0.2, 0.25) is 0 Å². The number of hydrogen-bond acceptors (Lipinski definition) is 5. The maximum absolute atomic E-state index is 8.74. The Morgan fingerprint density at radius 2 is 1.59 bits per heavy atom. The van der Waals surface area contributed by atoms with Crippen LogP contribution in [0.1, 0.15) is 39.7 Å². The molecule has 1 aromatic rings. The quantitative estimate of drug-likeness (QED) is 0.624. The van der Waals surface area contributed by atoms with E-state index in [-0.39, 0.29) is 0 Å². The Morgan fingerprint density at radius 3 is 2.22 bits per heavy atom. The van der Waals surface area contributed by atoms with Crippen molar-refractivity contribution in [3.05, 3.63) is 23.8 Å². The van der Waals surface area contributed by atoms with E-state index in [0.29, 0.717) is 31.5 Å². The van der Waals surface area contributed by atoms with Crippen molar-refractivity contribution >= 4 is 0 Å². The van der Waals surface area contributed by atoms with Gasteiger partial charge in [0, 0.05) is 57.3 Å². The maximum atomic E-state index is 8.74. The van der Waals surface area contributed by atoms with Gasteiger partial charge in [0.15, 0.2) is 0 Å². The van der Waals surface area contributed by atoms with Crippen molar-refractivity contribution in [3.8, 4) is 17.6 Å². The smallest absolute Gasteiger partial charge is 0.127 e. The van der Waals surface area contributed by atoms with E-state index in [1.807, 2.05) is 6.07 Å². The highest BCUT2D eigenvalue weighted by molar-refractivity contribution is 5.41. The average molecular weight is 374 g/mol. The summed E-state index contributed by atoms with van der Waals surface area (Å²) in [5.74, 6) is 2.81. The van der Waals surface area contributed by atoms with Crippen LogP contribution in [0.5, 0.6) is 11.5 Å². The van der Waals surface area contributed by atoms with Crippen LogP contribution in [-0.4, -0.2) is 55.7 Å². The lowest BCUT2D eigenvalue weighted by atomic mass is 10.1. The number of rotatable bonds is 10. The van der Waals surface area contributed by atoms with E-state index in [1.165, 1.54) is 5.56 Å². The van der Waals surface area contributed by atoms with Crippen molar-refractivity contribution < 1.29 is 9.47 Å². The molecule has 0 radical (unpaired) electrons. The van der Waals surface area contributed by atoms with Gasteiger partial charge < -0.3 is 9.47 Å². The number of benzene rings is 1. The van der Waals surface area contributed by atoms with E-state index in [2.05, 4.69) is 55.7 Å². The molecular formula is C22H35N3O2. The lowest BCUT2D eigenvalue weighted by Crippen LogP contribution is -2.46. The van der Waals surface area contributed by atoms with Crippen LogP contribution < -0.4 is 9.47 Å². The number of nitriles is 1. The molecule has 1 aromatic carbocycles. The summed E-state index contributed by atoms with van der Waals surface area (Å²) in [6.45, 7) is 16.0. The molecule has 0 aliphatic carbocycles. The lowest BCUT2D eigenvalue weighted by molar-refractivity contribution is 0.127. The maximum Gasteiger partial charge on any atom is 0.127 e. The van der Waals surface area contributed by atoms with Gasteiger partial charge in [-0.2, -0.15) is 5.26 Å². The predicted molar refractivity (Wildman–Crippen MR) is 109 cm³/mol. The van der Waals surface area contributed by atoms with Crippen LogP contribution in [0.15, 0.2) is 18.2 Å². The summed E-state index contributed by atoms with van der Waals surface area (Å²) >= 11 is 0. The molecule has 1 aliphatic rings. The zero-order chi connectivity index (χ0) is 19.6. The third kappa shape index (κ3) is 7.78. The third-order valence-corrected chi connectivity index (χ3v) is 4.59.